The lowest BCUT2D eigenvalue weighted by Crippen LogP contribution is -2.48. The fourth-order valence-corrected chi connectivity index (χ4v) is 4.05. The van der Waals surface area contributed by atoms with Gasteiger partial charge in [-0.05, 0) is 37.5 Å². The highest BCUT2D eigenvalue weighted by Crippen LogP contribution is 2.60. The third-order valence-electron chi connectivity index (χ3n) is 5.33. The van der Waals surface area contributed by atoms with Gasteiger partial charge < -0.3 is 4.74 Å². The summed E-state index contributed by atoms with van der Waals surface area (Å²) in [6.07, 6.45) is 8.12. The Morgan fingerprint density at radius 1 is 1.32 bits per heavy atom. The van der Waals surface area contributed by atoms with Gasteiger partial charge in [0.2, 0.25) is 0 Å². The van der Waals surface area contributed by atoms with Crippen LogP contribution in [0.15, 0.2) is 30.0 Å². The van der Waals surface area contributed by atoms with Gasteiger partial charge in [-0.3, -0.25) is 9.78 Å². The monoisotopic (exact) mass is 255 g/mol. The second kappa shape index (κ2) is 3.47. The smallest absolute Gasteiger partial charge is 0.155 e. The average molecular weight is 255 g/mol. The fourth-order valence-electron chi connectivity index (χ4n) is 4.05. The van der Waals surface area contributed by atoms with E-state index in [0.717, 1.165) is 37.1 Å². The van der Waals surface area contributed by atoms with Crippen LogP contribution < -0.4 is 4.74 Å². The molecule has 1 aromatic heterocycles. The summed E-state index contributed by atoms with van der Waals surface area (Å²) in [4.78, 5) is 16.1. The SMILES string of the molecule is CC12CCC(=O)C=C1CCC21Cc2ncccc2O1. The Morgan fingerprint density at radius 3 is 3.05 bits per heavy atom. The Labute approximate surface area is 112 Å². The molecule has 0 amide bonds. The van der Waals surface area contributed by atoms with E-state index in [1.54, 1.807) is 0 Å². The van der Waals surface area contributed by atoms with Crippen molar-refractivity contribution in [3.63, 3.8) is 0 Å². The van der Waals surface area contributed by atoms with E-state index in [1.165, 1.54) is 5.57 Å². The summed E-state index contributed by atoms with van der Waals surface area (Å²) in [5, 5.41) is 0. The fraction of sp³-hybridized carbons (Fsp3) is 0.500. The van der Waals surface area contributed by atoms with Crippen molar-refractivity contribution in [1.29, 1.82) is 0 Å². The lowest BCUT2D eigenvalue weighted by atomic mass is 9.66. The van der Waals surface area contributed by atoms with Crippen molar-refractivity contribution in [2.75, 3.05) is 0 Å². The summed E-state index contributed by atoms with van der Waals surface area (Å²) in [6, 6.07) is 3.94. The molecule has 19 heavy (non-hydrogen) atoms. The van der Waals surface area contributed by atoms with Crippen LogP contribution in [-0.4, -0.2) is 16.4 Å². The van der Waals surface area contributed by atoms with Crippen molar-refractivity contribution in [2.24, 2.45) is 5.41 Å². The molecule has 1 aromatic rings. The normalized spacial score (nSPS) is 35.8. The van der Waals surface area contributed by atoms with Crippen molar-refractivity contribution < 1.29 is 9.53 Å². The predicted octanol–water partition coefficient (Wildman–Crippen LogP) is 2.84. The molecule has 1 aliphatic heterocycles. The minimum absolute atomic E-state index is 0.00160. The Kier molecular flexibility index (Phi) is 2.05. The summed E-state index contributed by atoms with van der Waals surface area (Å²) in [5.74, 6) is 1.21. The Hall–Kier alpha value is -1.64. The molecule has 1 saturated carbocycles. The molecule has 2 atom stereocenters. The summed E-state index contributed by atoms with van der Waals surface area (Å²) < 4.78 is 6.35. The Balaban J connectivity index is 1.79. The molecule has 0 saturated heterocycles. The number of rotatable bonds is 0. The van der Waals surface area contributed by atoms with Crippen LogP contribution in [0.1, 0.15) is 38.3 Å². The van der Waals surface area contributed by atoms with Gasteiger partial charge in [-0.2, -0.15) is 0 Å². The van der Waals surface area contributed by atoms with Gasteiger partial charge >= 0.3 is 0 Å². The van der Waals surface area contributed by atoms with E-state index in [1.807, 2.05) is 24.4 Å². The number of ketones is 1. The van der Waals surface area contributed by atoms with E-state index in [-0.39, 0.29) is 16.8 Å². The van der Waals surface area contributed by atoms with E-state index >= 15 is 0 Å². The van der Waals surface area contributed by atoms with Gasteiger partial charge in [0, 0.05) is 24.5 Å². The second-order valence-electron chi connectivity index (χ2n) is 6.19. The summed E-state index contributed by atoms with van der Waals surface area (Å²) >= 11 is 0. The average Bonchev–Trinajstić information content (AvgIpc) is 2.91. The number of ether oxygens (including phenoxy) is 1. The van der Waals surface area contributed by atoms with Crippen LogP contribution >= 0.6 is 0 Å². The number of fused-ring (bicyclic) bond motifs is 3. The second-order valence-corrected chi connectivity index (χ2v) is 6.19. The number of carbonyl (C=O) groups is 1. The van der Waals surface area contributed by atoms with Crippen LogP contribution in [0.4, 0.5) is 0 Å². The van der Waals surface area contributed by atoms with Crippen molar-refractivity contribution >= 4 is 5.78 Å². The highest BCUT2D eigenvalue weighted by Gasteiger charge is 2.60. The number of allylic oxidation sites excluding steroid dienone is 1. The molecule has 0 bridgehead atoms. The number of pyridine rings is 1. The van der Waals surface area contributed by atoms with Crippen molar-refractivity contribution in [2.45, 2.75) is 44.6 Å². The van der Waals surface area contributed by atoms with Crippen molar-refractivity contribution in [3.8, 4) is 5.75 Å². The van der Waals surface area contributed by atoms with E-state index in [2.05, 4.69) is 11.9 Å². The van der Waals surface area contributed by atoms with E-state index in [4.69, 9.17) is 4.74 Å². The van der Waals surface area contributed by atoms with Gasteiger partial charge in [0.1, 0.15) is 11.4 Å². The molecule has 0 radical (unpaired) electrons. The molecule has 2 unspecified atom stereocenters. The van der Waals surface area contributed by atoms with Crippen molar-refractivity contribution in [3.05, 3.63) is 35.7 Å². The van der Waals surface area contributed by atoms with Crippen LogP contribution in [0, 0.1) is 5.41 Å². The maximum Gasteiger partial charge on any atom is 0.155 e. The van der Waals surface area contributed by atoms with E-state index in [9.17, 15) is 4.79 Å². The molecule has 2 heterocycles. The summed E-state index contributed by atoms with van der Waals surface area (Å²) in [7, 11) is 0. The maximum absolute atomic E-state index is 11.6. The zero-order valence-corrected chi connectivity index (χ0v) is 11.1. The lowest BCUT2D eigenvalue weighted by molar-refractivity contribution is -0.116. The molecule has 3 aliphatic rings. The molecule has 98 valence electrons. The standard InChI is InChI=1S/C16H17NO2/c1-15-6-5-12(18)9-11(15)4-7-16(15)10-13-14(19-16)3-2-8-17-13/h2-3,8-9H,4-7,10H2,1H3. The van der Waals surface area contributed by atoms with Gasteiger partial charge in [0.05, 0.1) is 5.69 Å². The molecule has 0 aromatic carbocycles. The molecule has 0 N–H and O–H groups in total. The van der Waals surface area contributed by atoms with Crippen LogP contribution in [-0.2, 0) is 11.2 Å². The van der Waals surface area contributed by atoms with Gasteiger partial charge in [-0.25, -0.2) is 0 Å². The molecular formula is C16H17NO2. The molecule has 1 fully saturated rings. The summed E-state index contributed by atoms with van der Waals surface area (Å²) in [5.41, 5.74) is 2.19. The van der Waals surface area contributed by atoms with Crippen LogP contribution in [0.2, 0.25) is 0 Å². The third kappa shape index (κ3) is 1.33. The number of hydrogen-bond donors (Lipinski definition) is 0. The molecule has 2 aliphatic carbocycles. The first-order valence-electron chi connectivity index (χ1n) is 7.00. The molecule has 4 rings (SSSR count). The topological polar surface area (TPSA) is 39.2 Å². The number of carbonyl (C=O) groups excluding carboxylic acids is 1. The quantitative estimate of drug-likeness (QED) is 0.715. The largest absolute Gasteiger partial charge is 0.484 e. The highest BCUT2D eigenvalue weighted by molar-refractivity contribution is 5.92. The predicted molar refractivity (Wildman–Crippen MR) is 71.0 cm³/mol. The van der Waals surface area contributed by atoms with Gasteiger partial charge in [0.15, 0.2) is 5.78 Å². The first-order valence-corrected chi connectivity index (χ1v) is 7.00. The molecular weight excluding hydrogens is 238 g/mol. The minimum atomic E-state index is -0.170. The zero-order valence-electron chi connectivity index (χ0n) is 11.1. The molecule has 3 heteroatoms. The van der Waals surface area contributed by atoms with E-state index < -0.39 is 0 Å². The lowest BCUT2D eigenvalue weighted by Gasteiger charge is -2.42. The van der Waals surface area contributed by atoms with Gasteiger partial charge in [-0.15, -0.1) is 0 Å². The maximum atomic E-state index is 11.6. The van der Waals surface area contributed by atoms with Gasteiger partial charge in [0.25, 0.3) is 0 Å². The molecule has 1 spiro atoms. The number of nitrogens with zero attached hydrogens (tertiary/aromatic N) is 1. The highest BCUT2D eigenvalue weighted by atomic mass is 16.5. The number of hydrogen-bond acceptors (Lipinski definition) is 3. The molecule has 3 nitrogen and oxygen atoms in total. The van der Waals surface area contributed by atoms with Crippen LogP contribution in [0.3, 0.4) is 0 Å². The summed E-state index contributed by atoms with van der Waals surface area (Å²) in [6.45, 7) is 2.27. The zero-order chi connectivity index (χ0) is 13.1. The first-order chi connectivity index (χ1) is 9.13. The van der Waals surface area contributed by atoms with E-state index in [0.29, 0.717) is 6.42 Å². The third-order valence-corrected chi connectivity index (χ3v) is 5.33. The van der Waals surface area contributed by atoms with Crippen LogP contribution in [0.25, 0.3) is 0 Å². The Bertz CT molecular complexity index is 580. The first kappa shape index (κ1) is 11.2. The van der Waals surface area contributed by atoms with Gasteiger partial charge in [-0.1, -0.05) is 12.5 Å². The Morgan fingerprint density at radius 2 is 2.21 bits per heavy atom. The van der Waals surface area contributed by atoms with Crippen LogP contribution in [0.5, 0.6) is 5.75 Å². The number of aromatic nitrogens is 1. The minimum Gasteiger partial charge on any atom is -0.484 e. The van der Waals surface area contributed by atoms with Crippen molar-refractivity contribution in [1.82, 2.24) is 4.98 Å².